The molecule has 1 aromatic carbocycles. The van der Waals surface area contributed by atoms with Gasteiger partial charge in [0, 0.05) is 6.54 Å². The van der Waals surface area contributed by atoms with Crippen LogP contribution in [0, 0.1) is 42.4 Å². The second kappa shape index (κ2) is 17.3. The van der Waals surface area contributed by atoms with Gasteiger partial charge in [0.25, 0.3) is 0 Å². The molecule has 2 saturated carbocycles. The van der Waals surface area contributed by atoms with Crippen molar-refractivity contribution in [2.24, 2.45) is 17.3 Å². The monoisotopic (exact) mass is 592 g/mol. The van der Waals surface area contributed by atoms with Gasteiger partial charge in [0.15, 0.2) is 5.82 Å². The van der Waals surface area contributed by atoms with Crippen molar-refractivity contribution in [3.05, 3.63) is 53.0 Å². The largest absolute Gasteiger partial charge is 0.465 e. The van der Waals surface area contributed by atoms with Gasteiger partial charge in [0.2, 0.25) is 0 Å². The lowest BCUT2D eigenvalue weighted by atomic mass is 9.69. The number of aliphatic hydroxyl groups is 1. The molecular formula is C36H56N4O3. The highest BCUT2D eigenvalue weighted by atomic mass is 16.4. The summed E-state index contributed by atoms with van der Waals surface area (Å²) in [6.45, 7) is 14.5. The van der Waals surface area contributed by atoms with Gasteiger partial charge in [-0.3, -0.25) is 9.88 Å². The van der Waals surface area contributed by atoms with Crippen molar-refractivity contribution in [1.29, 1.82) is 5.26 Å². The number of hydrogen-bond acceptors (Lipinski definition) is 5. The first-order valence-corrected chi connectivity index (χ1v) is 16.4. The van der Waals surface area contributed by atoms with Crippen LogP contribution in [0.15, 0.2) is 30.6 Å². The first-order chi connectivity index (χ1) is 20.4. The number of amides is 1. The van der Waals surface area contributed by atoms with E-state index in [1.807, 2.05) is 32.0 Å². The van der Waals surface area contributed by atoms with Crippen molar-refractivity contribution in [2.45, 2.75) is 131 Å². The number of rotatable bonds is 10. The average molecular weight is 593 g/mol. The summed E-state index contributed by atoms with van der Waals surface area (Å²) in [4.78, 5) is 21.7. The van der Waals surface area contributed by atoms with E-state index in [4.69, 9.17) is 5.26 Å². The quantitative estimate of drug-likeness (QED) is 0.266. The van der Waals surface area contributed by atoms with E-state index < -0.39 is 11.7 Å². The number of aromatic nitrogens is 2. The molecule has 238 valence electrons. The molecule has 2 atom stereocenters. The minimum atomic E-state index is -1.09. The number of unbranched alkanes of at least 4 members (excludes halogenated alkanes) is 4. The molecule has 0 aliphatic heterocycles. The third-order valence-corrected chi connectivity index (χ3v) is 9.14. The number of nitriles is 1. The van der Waals surface area contributed by atoms with Crippen LogP contribution < -0.4 is 4.90 Å². The summed E-state index contributed by atoms with van der Waals surface area (Å²) in [5.74, 6) is 1.47. The highest BCUT2D eigenvalue weighted by Crippen LogP contribution is 2.61. The van der Waals surface area contributed by atoms with Crippen LogP contribution in [0.2, 0.25) is 0 Å². The van der Waals surface area contributed by atoms with Gasteiger partial charge in [0.1, 0.15) is 5.60 Å². The van der Waals surface area contributed by atoms with Crippen LogP contribution in [0.5, 0.6) is 0 Å². The molecule has 4 rings (SSSR count). The van der Waals surface area contributed by atoms with Crippen molar-refractivity contribution in [3.8, 4) is 6.07 Å². The van der Waals surface area contributed by atoms with E-state index in [0.717, 1.165) is 24.3 Å². The number of carboxylic acid groups (broad SMARTS) is 1. The lowest BCUT2D eigenvalue weighted by Gasteiger charge is -2.38. The normalized spacial score (nSPS) is 18.4. The van der Waals surface area contributed by atoms with Gasteiger partial charge in [0.05, 0.1) is 29.7 Å². The second-order valence-electron chi connectivity index (χ2n) is 13.2. The van der Waals surface area contributed by atoms with Gasteiger partial charge in [-0.05, 0) is 107 Å². The Labute approximate surface area is 260 Å². The van der Waals surface area contributed by atoms with Crippen molar-refractivity contribution in [3.63, 3.8) is 0 Å². The number of benzene rings is 1. The molecule has 2 aliphatic carbocycles. The van der Waals surface area contributed by atoms with E-state index in [0.29, 0.717) is 29.4 Å². The van der Waals surface area contributed by atoms with Gasteiger partial charge >= 0.3 is 6.09 Å². The number of carbonyl (C=O) groups is 1. The van der Waals surface area contributed by atoms with Gasteiger partial charge in [-0.1, -0.05) is 65.4 Å². The SMILES string of the molecule is CCCCC1CC(CN(C(=O)O)c2cnc(C(C)(C)O)cn2)CCC12CC2.CCCCCC.Cc1ccc(C#N)cc1C. The van der Waals surface area contributed by atoms with Gasteiger partial charge in [-0.15, -0.1) is 0 Å². The number of hydrogen-bond donors (Lipinski definition) is 2. The maximum absolute atomic E-state index is 11.9. The first kappa shape index (κ1) is 36.2. The zero-order chi connectivity index (χ0) is 32.0. The lowest BCUT2D eigenvalue weighted by molar-refractivity contribution is 0.0734. The molecule has 2 aliphatic rings. The maximum atomic E-state index is 11.9. The topological polar surface area (TPSA) is 110 Å². The van der Waals surface area contributed by atoms with E-state index >= 15 is 0 Å². The molecule has 2 unspecified atom stereocenters. The van der Waals surface area contributed by atoms with E-state index in [9.17, 15) is 15.0 Å². The fraction of sp³-hybridized carbons (Fsp3) is 0.667. The number of nitrogens with zero attached hydrogens (tertiary/aromatic N) is 4. The molecular weight excluding hydrogens is 536 g/mol. The Hall–Kier alpha value is -2.98. The van der Waals surface area contributed by atoms with Gasteiger partial charge < -0.3 is 10.2 Å². The van der Waals surface area contributed by atoms with Crippen LogP contribution in [0.3, 0.4) is 0 Å². The van der Waals surface area contributed by atoms with Crippen LogP contribution >= 0.6 is 0 Å². The highest BCUT2D eigenvalue weighted by molar-refractivity contribution is 5.84. The molecule has 2 N–H and O–H groups in total. The molecule has 1 aromatic heterocycles. The highest BCUT2D eigenvalue weighted by Gasteiger charge is 2.51. The van der Waals surface area contributed by atoms with E-state index in [2.05, 4.69) is 36.8 Å². The zero-order valence-electron chi connectivity index (χ0n) is 27.8. The smallest absolute Gasteiger partial charge is 0.413 e. The Morgan fingerprint density at radius 1 is 1.02 bits per heavy atom. The molecule has 2 aromatic rings. The molecule has 43 heavy (non-hydrogen) atoms. The Kier molecular flexibility index (Phi) is 14.6. The second-order valence-corrected chi connectivity index (χ2v) is 13.2. The maximum Gasteiger partial charge on any atom is 0.413 e. The third kappa shape index (κ3) is 11.6. The van der Waals surface area contributed by atoms with Crippen LogP contribution in [0.1, 0.15) is 134 Å². The fourth-order valence-electron chi connectivity index (χ4n) is 5.94. The molecule has 0 radical (unpaired) electrons. The average Bonchev–Trinajstić information content (AvgIpc) is 3.76. The van der Waals surface area contributed by atoms with Crippen molar-refractivity contribution < 1.29 is 15.0 Å². The first-order valence-electron chi connectivity index (χ1n) is 16.4. The minimum Gasteiger partial charge on any atom is -0.465 e. The zero-order valence-corrected chi connectivity index (χ0v) is 27.8. The molecule has 7 heteroatoms. The molecule has 1 heterocycles. The van der Waals surface area contributed by atoms with Crippen LogP contribution in [0.4, 0.5) is 10.6 Å². The van der Waals surface area contributed by atoms with Crippen molar-refractivity contribution in [1.82, 2.24) is 9.97 Å². The summed E-state index contributed by atoms with van der Waals surface area (Å²) >= 11 is 0. The van der Waals surface area contributed by atoms with Crippen molar-refractivity contribution >= 4 is 11.9 Å². The number of aryl methyl sites for hydroxylation is 2. The molecule has 7 nitrogen and oxygen atoms in total. The van der Waals surface area contributed by atoms with Gasteiger partial charge in [-0.2, -0.15) is 5.26 Å². The predicted octanol–water partition coefficient (Wildman–Crippen LogP) is 9.34. The number of anilines is 1. The predicted molar refractivity (Wildman–Crippen MR) is 175 cm³/mol. The summed E-state index contributed by atoms with van der Waals surface area (Å²) in [5, 5.41) is 28.2. The van der Waals surface area contributed by atoms with E-state index in [1.54, 1.807) is 13.8 Å². The third-order valence-electron chi connectivity index (χ3n) is 9.14. The molecule has 2 fully saturated rings. The van der Waals surface area contributed by atoms with Crippen LogP contribution in [-0.2, 0) is 5.60 Å². The minimum absolute atomic E-state index is 0.340. The van der Waals surface area contributed by atoms with E-state index in [-0.39, 0.29) is 0 Å². The summed E-state index contributed by atoms with van der Waals surface area (Å²) in [6.07, 6.45) is 17.4. The summed E-state index contributed by atoms with van der Waals surface area (Å²) < 4.78 is 0. The Morgan fingerprint density at radius 2 is 1.67 bits per heavy atom. The standard InChI is InChI=1S/C21H33N3O3.C9H9N.C6H14/c1-4-5-6-16-11-15(7-8-21(16)9-10-21)14-24(19(25)26)18-13-22-17(12-23-18)20(2,3)27;1-7-3-4-9(6-10)5-8(7)2;1-3-5-6-4-2/h12-13,15-16,27H,4-11,14H2,1-3H3,(H,25,26);3-5H,1-2H3;3-6H2,1-2H3. The fourth-order valence-corrected chi connectivity index (χ4v) is 5.94. The van der Waals surface area contributed by atoms with Gasteiger partial charge in [-0.25, -0.2) is 9.78 Å². The van der Waals surface area contributed by atoms with Crippen LogP contribution in [-0.4, -0.2) is 32.8 Å². The summed E-state index contributed by atoms with van der Waals surface area (Å²) in [7, 11) is 0. The molecule has 1 amide bonds. The Bertz CT molecular complexity index is 1160. The Morgan fingerprint density at radius 3 is 2.14 bits per heavy atom. The molecule has 0 saturated heterocycles. The lowest BCUT2D eigenvalue weighted by Crippen LogP contribution is -2.38. The Balaban J connectivity index is 0.000000330. The summed E-state index contributed by atoms with van der Waals surface area (Å²) in [5.41, 5.74) is 3.08. The van der Waals surface area contributed by atoms with E-state index in [1.165, 1.54) is 92.6 Å². The van der Waals surface area contributed by atoms with Crippen molar-refractivity contribution in [2.75, 3.05) is 11.4 Å². The van der Waals surface area contributed by atoms with Crippen LogP contribution in [0.25, 0.3) is 0 Å². The molecule has 1 spiro atoms. The summed E-state index contributed by atoms with van der Waals surface area (Å²) in [6, 6.07) is 7.79. The molecule has 0 bridgehead atoms.